The van der Waals surface area contributed by atoms with Gasteiger partial charge in [0.2, 0.25) is 0 Å². The van der Waals surface area contributed by atoms with Gasteiger partial charge in [-0.05, 0) is 30.3 Å². The average molecular weight is 270 g/mol. The molecule has 0 spiro atoms. The van der Waals surface area contributed by atoms with Gasteiger partial charge in [0.1, 0.15) is 5.82 Å². The summed E-state index contributed by atoms with van der Waals surface area (Å²) in [6.07, 6.45) is 3.22. The molecule has 0 unspecified atom stereocenters. The number of anilines is 2. The fourth-order valence-electron chi connectivity index (χ4n) is 1.95. The van der Waals surface area contributed by atoms with Crippen LogP contribution in [0.5, 0.6) is 0 Å². The molecule has 3 N–H and O–H groups in total. The molecule has 2 aromatic heterocycles. The molecule has 0 atom stereocenters. The summed E-state index contributed by atoms with van der Waals surface area (Å²) in [5.74, 6) is -0.791. The lowest BCUT2D eigenvalue weighted by molar-refractivity contribution is 0.102. The summed E-state index contributed by atoms with van der Waals surface area (Å²) in [7, 11) is 0. The highest BCUT2D eigenvalue weighted by Crippen LogP contribution is 2.20. The van der Waals surface area contributed by atoms with Gasteiger partial charge in [-0.3, -0.25) is 4.79 Å². The molecule has 100 valence electrons. The molecule has 20 heavy (non-hydrogen) atoms. The summed E-state index contributed by atoms with van der Waals surface area (Å²) in [6.45, 7) is 0. The molecule has 0 aliphatic rings. The van der Waals surface area contributed by atoms with Gasteiger partial charge in [0.25, 0.3) is 5.91 Å². The summed E-state index contributed by atoms with van der Waals surface area (Å²) in [5.41, 5.74) is 7.31. The van der Waals surface area contributed by atoms with E-state index >= 15 is 0 Å². The third kappa shape index (κ3) is 2.07. The van der Waals surface area contributed by atoms with Crippen LogP contribution in [0.25, 0.3) is 5.52 Å². The number of benzene rings is 1. The van der Waals surface area contributed by atoms with Crippen molar-refractivity contribution in [3.63, 3.8) is 0 Å². The Morgan fingerprint density at radius 1 is 1.30 bits per heavy atom. The smallest absolute Gasteiger partial charge is 0.259 e. The van der Waals surface area contributed by atoms with Gasteiger partial charge < -0.3 is 11.1 Å². The predicted molar refractivity (Wildman–Crippen MR) is 74.0 cm³/mol. The number of nitrogen functional groups attached to an aromatic ring is 1. The van der Waals surface area contributed by atoms with Gasteiger partial charge in [-0.1, -0.05) is 6.07 Å². The normalized spacial score (nSPS) is 10.7. The Kier molecular flexibility index (Phi) is 2.83. The molecule has 6 heteroatoms. The van der Waals surface area contributed by atoms with Gasteiger partial charge in [0.15, 0.2) is 0 Å². The minimum Gasteiger partial charge on any atom is -0.397 e. The van der Waals surface area contributed by atoms with Crippen LogP contribution in [0.1, 0.15) is 10.4 Å². The Morgan fingerprint density at radius 2 is 2.15 bits per heavy atom. The lowest BCUT2D eigenvalue weighted by atomic mass is 10.2. The van der Waals surface area contributed by atoms with Crippen LogP contribution in [-0.2, 0) is 0 Å². The van der Waals surface area contributed by atoms with E-state index in [9.17, 15) is 9.18 Å². The van der Waals surface area contributed by atoms with Crippen molar-refractivity contribution in [2.24, 2.45) is 0 Å². The number of carbonyl (C=O) groups excluding carboxylic acids is 1. The Morgan fingerprint density at radius 3 is 2.95 bits per heavy atom. The van der Waals surface area contributed by atoms with E-state index in [1.165, 1.54) is 18.3 Å². The van der Waals surface area contributed by atoms with E-state index in [0.29, 0.717) is 16.8 Å². The van der Waals surface area contributed by atoms with E-state index < -0.39 is 5.82 Å². The van der Waals surface area contributed by atoms with Crippen LogP contribution in [0, 0.1) is 5.82 Å². The molecule has 0 saturated heterocycles. The topological polar surface area (TPSA) is 72.4 Å². The molecule has 3 rings (SSSR count). The lowest BCUT2D eigenvalue weighted by Gasteiger charge is -2.07. The number of hydrogen-bond acceptors (Lipinski definition) is 3. The van der Waals surface area contributed by atoms with E-state index in [-0.39, 0.29) is 11.6 Å². The number of nitrogens with two attached hydrogens (primary N) is 1. The van der Waals surface area contributed by atoms with E-state index in [1.54, 1.807) is 16.8 Å². The molecule has 0 bridgehead atoms. The van der Waals surface area contributed by atoms with Crippen LogP contribution in [0.4, 0.5) is 15.8 Å². The Labute approximate surface area is 113 Å². The third-order valence-corrected chi connectivity index (χ3v) is 2.93. The van der Waals surface area contributed by atoms with Crippen LogP contribution in [-0.4, -0.2) is 15.5 Å². The molecule has 0 fully saturated rings. The molecule has 0 saturated carbocycles. The summed E-state index contributed by atoms with van der Waals surface area (Å²) in [6, 6.07) is 9.25. The molecule has 2 heterocycles. The highest BCUT2D eigenvalue weighted by Gasteiger charge is 2.13. The maximum atomic E-state index is 13.0. The van der Waals surface area contributed by atoms with Gasteiger partial charge in [0, 0.05) is 6.20 Å². The second kappa shape index (κ2) is 4.65. The Balaban J connectivity index is 1.93. The van der Waals surface area contributed by atoms with Gasteiger partial charge in [0.05, 0.1) is 28.7 Å². The standard InChI is InChI=1S/C14H11FN4O/c15-9-4-5-12(11(16)7-9)18-14(20)10-8-17-19-6-2-1-3-13(10)19/h1-8H,16H2,(H,18,20). The molecule has 0 aliphatic heterocycles. The second-order valence-corrected chi connectivity index (χ2v) is 4.27. The van der Waals surface area contributed by atoms with E-state index in [2.05, 4.69) is 10.4 Å². The zero-order chi connectivity index (χ0) is 14.1. The first-order valence-electron chi connectivity index (χ1n) is 5.94. The molecule has 0 radical (unpaired) electrons. The fraction of sp³-hybridized carbons (Fsp3) is 0. The second-order valence-electron chi connectivity index (χ2n) is 4.27. The van der Waals surface area contributed by atoms with Crippen molar-refractivity contribution in [2.75, 3.05) is 11.1 Å². The zero-order valence-electron chi connectivity index (χ0n) is 10.4. The highest BCUT2D eigenvalue weighted by atomic mass is 19.1. The minimum atomic E-state index is -0.448. The fourth-order valence-corrected chi connectivity index (χ4v) is 1.95. The van der Waals surface area contributed by atoms with Gasteiger partial charge in [-0.15, -0.1) is 0 Å². The quantitative estimate of drug-likeness (QED) is 0.702. The van der Waals surface area contributed by atoms with Gasteiger partial charge >= 0.3 is 0 Å². The van der Waals surface area contributed by atoms with Crippen LogP contribution in [0.2, 0.25) is 0 Å². The summed E-state index contributed by atoms with van der Waals surface area (Å²) >= 11 is 0. The Hall–Kier alpha value is -2.89. The maximum Gasteiger partial charge on any atom is 0.259 e. The zero-order valence-corrected chi connectivity index (χ0v) is 10.4. The third-order valence-electron chi connectivity index (χ3n) is 2.93. The SMILES string of the molecule is Nc1cc(F)ccc1NC(=O)c1cnn2ccccc12. The maximum absolute atomic E-state index is 13.0. The first-order chi connectivity index (χ1) is 9.65. The lowest BCUT2D eigenvalue weighted by Crippen LogP contribution is -2.13. The van der Waals surface area contributed by atoms with Crippen molar-refractivity contribution in [2.45, 2.75) is 0 Å². The van der Waals surface area contributed by atoms with E-state index in [0.717, 1.165) is 6.07 Å². The van der Waals surface area contributed by atoms with Crippen molar-refractivity contribution in [1.82, 2.24) is 9.61 Å². The van der Waals surface area contributed by atoms with E-state index in [4.69, 9.17) is 5.73 Å². The average Bonchev–Trinajstić information content (AvgIpc) is 2.86. The summed E-state index contributed by atoms with van der Waals surface area (Å²) in [4.78, 5) is 12.2. The minimum absolute atomic E-state index is 0.176. The van der Waals surface area contributed by atoms with Crippen molar-refractivity contribution in [1.29, 1.82) is 0 Å². The van der Waals surface area contributed by atoms with Crippen molar-refractivity contribution in [3.05, 3.63) is 60.2 Å². The molecule has 1 aromatic carbocycles. The van der Waals surface area contributed by atoms with Crippen molar-refractivity contribution >= 4 is 22.8 Å². The first kappa shape index (κ1) is 12.2. The van der Waals surface area contributed by atoms with Crippen molar-refractivity contribution in [3.8, 4) is 0 Å². The number of halogens is 1. The van der Waals surface area contributed by atoms with Crippen molar-refractivity contribution < 1.29 is 9.18 Å². The monoisotopic (exact) mass is 270 g/mol. The largest absolute Gasteiger partial charge is 0.397 e. The number of nitrogens with one attached hydrogen (secondary N) is 1. The molecule has 0 aliphatic carbocycles. The highest BCUT2D eigenvalue weighted by molar-refractivity contribution is 6.09. The number of carbonyl (C=O) groups is 1. The summed E-state index contributed by atoms with van der Waals surface area (Å²) < 4.78 is 14.6. The van der Waals surface area contributed by atoms with E-state index in [1.807, 2.05) is 12.1 Å². The van der Waals surface area contributed by atoms with Crippen LogP contribution >= 0.6 is 0 Å². The first-order valence-corrected chi connectivity index (χ1v) is 5.94. The number of nitrogens with zero attached hydrogens (tertiary/aromatic N) is 2. The van der Waals surface area contributed by atoms with Gasteiger partial charge in [-0.2, -0.15) is 5.10 Å². The summed E-state index contributed by atoms with van der Waals surface area (Å²) in [5, 5.41) is 6.73. The Bertz CT molecular complexity index is 797. The molecule has 3 aromatic rings. The van der Waals surface area contributed by atoms with Crippen LogP contribution < -0.4 is 11.1 Å². The van der Waals surface area contributed by atoms with Crippen LogP contribution in [0.3, 0.4) is 0 Å². The number of aromatic nitrogens is 2. The molecule has 5 nitrogen and oxygen atoms in total. The number of rotatable bonds is 2. The number of pyridine rings is 1. The number of fused-ring (bicyclic) bond motifs is 1. The van der Waals surface area contributed by atoms with Crippen LogP contribution in [0.15, 0.2) is 48.8 Å². The predicted octanol–water partition coefficient (Wildman–Crippen LogP) is 2.31. The molecule has 1 amide bonds. The molecular weight excluding hydrogens is 259 g/mol. The number of amides is 1. The molecular formula is C14H11FN4O. The number of hydrogen-bond donors (Lipinski definition) is 2. The van der Waals surface area contributed by atoms with Gasteiger partial charge in [-0.25, -0.2) is 8.91 Å².